The minimum atomic E-state index is -0.710. The first-order chi connectivity index (χ1) is 8.08. The average molecular weight is 240 g/mol. The van der Waals surface area contributed by atoms with Gasteiger partial charge >= 0.3 is 5.69 Å². The van der Waals surface area contributed by atoms with Gasteiger partial charge in [-0.3, -0.25) is 14.6 Å². The Balaban J connectivity index is 2.82. The highest BCUT2D eigenvalue weighted by Crippen LogP contribution is 1.96. The molecule has 5 N–H and O–H groups in total. The van der Waals surface area contributed by atoms with E-state index in [-0.39, 0.29) is 11.6 Å². The molecule has 17 heavy (non-hydrogen) atoms. The summed E-state index contributed by atoms with van der Waals surface area (Å²) in [6, 6.07) is -0.168. The first-order valence-electron chi connectivity index (χ1n) is 5.41. The number of hydrogen-bond donors (Lipinski definition) is 4. The molecular formula is C10H16N4O3. The van der Waals surface area contributed by atoms with E-state index in [0.29, 0.717) is 6.54 Å². The van der Waals surface area contributed by atoms with Crippen LogP contribution in [0.25, 0.3) is 0 Å². The highest BCUT2D eigenvalue weighted by molar-refractivity contribution is 5.93. The van der Waals surface area contributed by atoms with E-state index in [9.17, 15) is 14.4 Å². The molecule has 1 aromatic rings. The molecule has 0 radical (unpaired) electrons. The third-order valence-electron chi connectivity index (χ3n) is 2.32. The maximum absolute atomic E-state index is 11.7. The molecule has 0 aliphatic heterocycles. The van der Waals surface area contributed by atoms with Crippen molar-refractivity contribution in [2.24, 2.45) is 5.73 Å². The number of aromatic amines is 2. The van der Waals surface area contributed by atoms with Gasteiger partial charge in [0, 0.05) is 18.8 Å². The third-order valence-corrected chi connectivity index (χ3v) is 2.32. The zero-order valence-corrected chi connectivity index (χ0v) is 9.58. The maximum Gasteiger partial charge on any atom is 0.325 e. The third kappa shape index (κ3) is 3.56. The Morgan fingerprint density at radius 1 is 1.53 bits per heavy atom. The molecule has 0 aliphatic carbocycles. The van der Waals surface area contributed by atoms with E-state index in [4.69, 9.17) is 5.73 Å². The normalized spacial score (nSPS) is 12.1. The molecule has 0 saturated heterocycles. The van der Waals surface area contributed by atoms with Crippen LogP contribution in [-0.4, -0.2) is 28.5 Å². The number of H-pyrrole nitrogens is 2. The second-order valence-electron chi connectivity index (χ2n) is 3.68. The smallest absolute Gasteiger partial charge is 0.325 e. The van der Waals surface area contributed by atoms with Crippen molar-refractivity contribution in [3.8, 4) is 0 Å². The fourth-order valence-electron chi connectivity index (χ4n) is 1.44. The van der Waals surface area contributed by atoms with Gasteiger partial charge in [0.15, 0.2) is 0 Å². The van der Waals surface area contributed by atoms with Gasteiger partial charge in [-0.1, -0.05) is 13.3 Å². The molecule has 0 bridgehead atoms. The summed E-state index contributed by atoms with van der Waals surface area (Å²) in [6.45, 7) is 2.28. The molecule has 7 heteroatoms. The molecule has 0 aliphatic rings. The Hall–Kier alpha value is -1.89. The molecule has 1 heterocycles. The molecule has 1 unspecified atom stereocenters. The van der Waals surface area contributed by atoms with E-state index in [1.165, 1.54) is 0 Å². The topological polar surface area (TPSA) is 121 Å². The first-order valence-corrected chi connectivity index (χ1v) is 5.41. The van der Waals surface area contributed by atoms with Crippen LogP contribution in [0, 0.1) is 0 Å². The SMILES string of the molecule is CCCC(CN)NC(=O)c1c[nH]c(=O)[nH]c1=O. The van der Waals surface area contributed by atoms with Gasteiger partial charge < -0.3 is 16.0 Å². The average Bonchev–Trinajstić information content (AvgIpc) is 2.28. The molecule has 0 saturated carbocycles. The van der Waals surface area contributed by atoms with E-state index < -0.39 is 17.2 Å². The van der Waals surface area contributed by atoms with Crippen molar-refractivity contribution in [3.63, 3.8) is 0 Å². The summed E-state index contributed by atoms with van der Waals surface area (Å²) >= 11 is 0. The van der Waals surface area contributed by atoms with Gasteiger partial charge in [-0.25, -0.2) is 4.79 Å². The van der Waals surface area contributed by atoms with Gasteiger partial charge in [0.1, 0.15) is 5.56 Å². The van der Waals surface area contributed by atoms with Crippen molar-refractivity contribution < 1.29 is 4.79 Å². The van der Waals surface area contributed by atoms with Crippen LogP contribution >= 0.6 is 0 Å². The van der Waals surface area contributed by atoms with E-state index in [0.717, 1.165) is 19.0 Å². The van der Waals surface area contributed by atoms with Gasteiger partial charge in [-0.2, -0.15) is 0 Å². The first kappa shape index (κ1) is 13.2. The Labute approximate surface area is 97.4 Å². The van der Waals surface area contributed by atoms with Crippen LogP contribution in [0.2, 0.25) is 0 Å². The summed E-state index contributed by atoms with van der Waals surface area (Å²) in [5.41, 5.74) is 4.01. The molecule has 1 atom stereocenters. The van der Waals surface area contributed by atoms with E-state index in [1.807, 2.05) is 11.9 Å². The Bertz CT molecular complexity index is 491. The van der Waals surface area contributed by atoms with Crippen LogP contribution < -0.4 is 22.3 Å². The molecule has 1 rings (SSSR count). The summed E-state index contributed by atoms with van der Waals surface area (Å²) in [5.74, 6) is -0.536. The molecule has 0 aromatic carbocycles. The summed E-state index contributed by atoms with van der Waals surface area (Å²) in [6.07, 6.45) is 2.71. The van der Waals surface area contributed by atoms with Crippen molar-refractivity contribution in [2.45, 2.75) is 25.8 Å². The van der Waals surface area contributed by atoms with Crippen LogP contribution in [0.1, 0.15) is 30.1 Å². The number of hydrogen-bond acceptors (Lipinski definition) is 4. The lowest BCUT2D eigenvalue weighted by Crippen LogP contribution is -2.42. The van der Waals surface area contributed by atoms with Crippen LogP contribution in [0.3, 0.4) is 0 Å². The van der Waals surface area contributed by atoms with Gasteiger partial charge in [-0.15, -0.1) is 0 Å². The number of nitrogens with one attached hydrogen (secondary N) is 3. The summed E-state index contributed by atoms with van der Waals surface area (Å²) < 4.78 is 0. The van der Waals surface area contributed by atoms with E-state index in [2.05, 4.69) is 10.3 Å². The van der Waals surface area contributed by atoms with Gasteiger partial charge in [0.25, 0.3) is 11.5 Å². The Kier molecular flexibility index (Phi) is 4.65. The van der Waals surface area contributed by atoms with Crippen molar-refractivity contribution in [2.75, 3.05) is 6.54 Å². The summed E-state index contributed by atoms with van der Waals surface area (Å²) in [4.78, 5) is 38.1. The number of carbonyl (C=O) groups excluding carboxylic acids is 1. The minimum absolute atomic E-state index is 0.126. The van der Waals surface area contributed by atoms with Crippen LogP contribution in [-0.2, 0) is 0 Å². The van der Waals surface area contributed by atoms with Gasteiger partial charge in [-0.05, 0) is 6.42 Å². The lowest BCUT2D eigenvalue weighted by molar-refractivity contribution is 0.0934. The van der Waals surface area contributed by atoms with Crippen LogP contribution in [0.5, 0.6) is 0 Å². The molecule has 7 nitrogen and oxygen atoms in total. The number of aromatic nitrogens is 2. The van der Waals surface area contributed by atoms with Crippen molar-refractivity contribution in [1.82, 2.24) is 15.3 Å². The predicted octanol–water partition coefficient (Wildman–Crippen LogP) is -1.08. The van der Waals surface area contributed by atoms with Crippen LogP contribution in [0.15, 0.2) is 15.8 Å². The molecular weight excluding hydrogens is 224 g/mol. The van der Waals surface area contributed by atoms with Crippen LogP contribution in [0.4, 0.5) is 0 Å². The molecule has 1 aromatic heterocycles. The standard InChI is InChI=1S/C10H16N4O3/c1-2-3-6(4-11)13-8(15)7-5-12-10(17)14-9(7)16/h5-6H,2-4,11H2,1H3,(H,13,15)(H2,12,14,16,17). The number of nitrogens with two attached hydrogens (primary N) is 1. The Morgan fingerprint density at radius 2 is 2.24 bits per heavy atom. The largest absolute Gasteiger partial charge is 0.348 e. The molecule has 1 amide bonds. The van der Waals surface area contributed by atoms with Crippen molar-refractivity contribution in [3.05, 3.63) is 32.6 Å². The molecule has 0 spiro atoms. The minimum Gasteiger partial charge on any atom is -0.348 e. The molecule has 0 fully saturated rings. The second kappa shape index (κ2) is 6.00. The number of carbonyl (C=O) groups is 1. The van der Waals surface area contributed by atoms with E-state index in [1.54, 1.807) is 0 Å². The van der Waals surface area contributed by atoms with Gasteiger partial charge in [0.2, 0.25) is 0 Å². The monoisotopic (exact) mass is 240 g/mol. The zero-order chi connectivity index (χ0) is 12.8. The fourth-order valence-corrected chi connectivity index (χ4v) is 1.44. The predicted molar refractivity (Wildman–Crippen MR) is 62.9 cm³/mol. The summed E-state index contributed by atoms with van der Waals surface area (Å²) in [5, 5.41) is 2.64. The summed E-state index contributed by atoms with van der Waals surface area (Å²) in [7, 11) is 0. The highest BCUT2D eigenvalue weighted by atomic mass is 16.2. The fraction of sp³-hybridized carbons (Fsp3) is 0.500. The van der Waals surface area contributed by atoms with E-state index >= 15 is 0 Å². The second-order valence-corrected chi connectivity index (χ2v) is 3.68. The number of rotatable bonds is 5. The lowest BCUT2D eigenvalue weighted by atomic mass is 10.1. The lowest BCUT2D eigenvalue weighted by Gasteiger charge is -2.15. The Morgan fingerprint density at radius 3 is 2.76 bits per heavy atom. The maximum atomic E-state index is 11.7. The highest BCUT2D eigenvalue weighted by Gasteiger charge is 2.14. The van der Waals surface area contributed by atoms with Gasteiger partial charge in [0.05, 0.1) is 0 Å². The number of amides is 1. The quantitative estimate of drug-likeness (QED) is 0.523. The van der Waals surface area contributed by atoms with Crippen molar-refractivity contribution in [1.29, 1.82) is 0 Å². The zero-order valence-electron chi connectivity index (χ0n) is 9.58. The van der Waals surface area contributed by atoms with Crippen molar-refractivity contribution >= 4 is 5.91 Å². The molecule has 94 valence electrons.